The molecule has 2 rings (SSSR count). The number of likely N-dealkylation sites (tertiary alicyclic amines) is 1. The van der Waals surface area contributed by atoms with E-state index in [1.165, 1.54) is 6.42 Å². The first kappa shape index (κ1) is 15.4. The van der Waals surface area contributed by atoms with Crippen molar-refractivity contribution in [2.45, 2.75) is 32.6 Å². The molecule has 0 aliphatic carbocycles. The van der Waals surface area contributed by atoms with Crippen LogP contribution < -0.4 is 15.8 Å². The monoisotopic (exact) mass is 292 g/mol. The van der Waals surface area contributed by atoms with Gasteiger partial charge in [0, 0.05) is 26.1 Å². The Morgan fingerprint density at radius 1 is 1.38 bits per heavy atom. The summed E-state index contributed by atoms with van der Waals surface area (Å²) in [5.41, 5.74) is 6.29. The van der Waals surface area contributed by atoms with E-state index in [0.29, 0.717) is 37.0 Å². The third-order valence-corrected chi connectivity index (χ3v) is 3.52. The maximum absolute atomic E-state index is 12.0. The van der Waals surface area contributed by atoms with Crippen molar-refractivity contribution in [2.24, 2.45) is 0 Å². The Bertz CT molecular complexity index is 473. The van der Waals surface area contributed by atoms with Gasteiger partial charge in [-0.2, -0.15) is 4.98 Å². The van der Waals surface area contributed by atoms with Crippen molar-refractivity contribution in [2.75, 3.05) is 37.3 Å². The molecule has 1 fully saturated rings. The molecule has 1 aliphatic heterocycles. The molecule has 0 saturated carbocycles. The molecule has 0 unspecified atom stereocenters. The molecule has 6 nitrogen and oxygen atoms in total. The summed E-state index contributed by atoms with van der Waals surface area (Å²) in [6, 6.07) is 3.55. The maximum Gasteiger partial charge on any atom is 0.239 e. The highest BCUT2D eigenvalue weighted by atomic mass is 16.5. The summed E-state index contributed by atoms with van der Waals surface area (Å²) in [6.45, 7) is 4.77. The van der Waals surface area contributed by atoms with Crippen LogP contribution in [0, 0.1) is 0 Å². The van der Waals surface area contributed by atoms with Crippen molar-refractivity contribution in [1.82, 2.24) is 9.88 Å². The number of nitrogen functional groups attached to an aromatic ring is 1. The molecule has 0 bridgehead atoms. The molecule has 21 heavy (non-hydrogen) atoms. The van der Waals surface area contributed by atoms with Crippen LogP contribution in [0.2, 0.25) is 0 Å². The molecular formula is C15H24N4O2. The van der Waals surface area contributed by atoms with E-state index in [2.05, 4.69) is 10.3 Å². The maximum atomic E-state index is 12.0. The third kappa shape index (κ3) is 4.51. The fourth-order valence-electron chi connectivity index (χ4n) is 2.40. The molecule has 1 aromatic rings. The lowest BCUT2D eigenvalue weighted by molar-refractivity contribution is -0.131. The normalized spacial score (nSPS) is 14.8. The molecule has 2 heterocycles. The van der Waals surface area contributed by atoms with Gasteiger partial charge in [0.2, 0.25) is 11.8 Å². The minimum absolute atomic E-state index is 0.211. The number of nitrogens with two attached hydrogens (primary N) is 1. The predicted molar refractivity (Wildman–Crippen MR) is 83.4 cm³/mol. The number of amides is 1. The van der Waals surface area contributed by atoms with E-state index in [1.54, 1.807) is 12.1 Å². The highest BCUT2D eigenvalue weighted by Crippen LogP contribution is 2.20. The van der Waals surface area contributed by atoms with E-state index in [4.69, 9.17) is 10.5 Å². The fourth-order valence-corrected chi connectivity index (χ4v) is 2.40. The van der Waals surface area contributed by atoms with Gasteiger partial charge in [0.1, 0.15) is 5.82 Å². The zero-order chi connectivity index (χ0) is 15.1. The topological polar surface area (TPSA) is 80.5 Å². The number of hydrogen-bond acceptors (Lipinski definition) is 5. The number of carbonyl (C=O) groups is 1. The summed E-state index contributed by atoms with van der Waals surface area (Å²) in [5, 5.41) is 3.15. The summed E-state index contributed by atoms with van der Waals surface area (Å²) in [5.74, 6) is 1.33. The molecule has 0 radical (unpaired) electrons. The van der Waals surface area contributed by atoms with Crippen molar-refractivity contribution >= 4 is 17.4 Å². The first-order chi connectivity index (χ1) is 10.2. The van der Waals surface area contributed by atoms with E-state index >= 15 is 0 Å². The number of pyridine rings is 1. The molecule has 0 atom stereocenters. The molecule has 0 aromatic carbocycles. The Balaban J connectivity index is 1.80. The Morgan fingerprint density at radius 3 is 2.86 bits per heavy atom. The third-order valence-electron chi connectivity index (χ3n) is 3.52. The van der Waals surface area contributed by atoms with Crippen molar-refractivity contribution < 1.29 is 9.53 Å². The first-order valence-electron chi connectivity index (χ1n) is 7.61. The average Bonchev–Trinajstić information content (AvgIpc) is 2.51. The van der Waals surface area contributed by atoms with Gasteiger partial charge in [0.15, 0.2) is 0 Å². The molecule has 1 aromatic heterocycles. The van der Waals surface area contributed by atoms with Gasteiger partial charge in [0.05, 0.1) is 12.3 Å². The second-order valence-corrected chi connectivity index (χ2v) is 5.14. The number of hydrogen-bond donors (Lipinski definition) is 2. The molecular weight excluding hydrogens is 268 g/mol. The van der Waals surface area contributed by atoms with Gasteiger partial charge < -0.3 is 20.7 Å². The quantitative estimate of drug-likeness (QED) is 0.836. The lowest BCUT2D eigenvalue weighted by Crippen LogP contribution is -2.36. The molecule has 0 spiro atoms. The predicted octanol–water partition coefficient (Wildman–Crippen LogP) is 1.88. The average molecular weight is 292 g/mol. The first-order valence-corrected chi connectivity index (χ1v) is 7.61. The van der Waals surface area contributed by atoms with Gasteiger partial charge in [-0.3, -0.25) is 4.79 Å². The fraction of sp³-hybridized carbons (Fsp3) is 0.600. The smallest absolute Gasteiger partial charge is 0.239 e. The van der Waals surface area contributed by atoms with Gasteiger partial charge in [-0.15, -0.1) is 0 Å². The second-order valence-electron chi connectivity index (χ2n) is 5.14. The molecule has 3 N–H and O–H groups in total. The van der Waals surface area contributed by atoms with Crippen LogP contribution >= 0.6 is 0 Å². The Labute approximate surface area is 125 Å². The zero-order valence-corrected chi connectivity index (χ0v) is 12.6. The summed E-state index contributed by atoms with van der Waals surface area (Å²) >= 11 is 0. The van der Waals surface area contributed by atoms with Gasteiger partial charge in [-0.1, -0.05) is 0 Å². The Hall–Kier alpha value is -1.98. The Morgan fingerprint density at radius 2 is 2.14 bits per heavy atom. The highest BCUT2D eigenvalue weighted by Gasteiger charge is 2.15. The zero-order valence-electron chi connectivity index (χ0n) is 12.6. The van der Waals surface area contributed by atoms with Crippen LogP contribution in [0.25, 0.3) is 0 Å². The number of nitrogens with zero attached hydrogens (tertiary/aromatic N) is 2. The minimum atomic E-state index is 0.211. The summed E-state index contributed by atoms with van der Waals surface area (Å²) in [4.78, 5) is 18.3. The largest absolute Gasteiger partial charge is 0.476 e. The van der Waals surface area contributed by atoms with E-state index < -0.39 is 0 Å². The number of piperidine rings is 1. The van der Waals surface area contributed by atoms with E-state index in [1.807, 2.05) is 11.8 Å². The van der Waals surface area contributed by atoms with Crippen LogP contribution in [0.1, 0.15) is 32.6 Å². The van der Waals surface area contributed by atoms with Crippen molar-refractivity contribution in [3.8, 4) is 5.88 Å². The summed E-state index contributed by atoms with van der Waals surface area (Å²) < 4.78 is 5.35. The number of anilines is 2. The summed E-state index contributed by atoms with van der Waals surface area (Å²) in [6.07, 6.45) is 3.96. The van der Waals surface area contributed by atoms with E-state index in [0.717, 1.165) is 25.9 Å². The van der Waals surface area contributed by atoms with Crippen molar-refractivity contribution in [3.05, 3.63) is 12.1 Å². The van der Waals surface area contributed by atoms with Crippen LogP contribution in [0.4, 0.5) is 11.5 Å². The van der Waals surface area contributed by atoms with Crippen LogP contribution in [0.3, 0.4) is 0 Å². The number of ether oxygens (including phenoxy) is 1. The highest BCUT2D eigenvalue weighted by molar-refractivity contribution is 5.76. The molecule has 1 saturated heterocycles. The van der Waals surface area contributed by atoms with Crippen molar-refractivity contribution in [3.63, 3.8) is 0 Å². The van der Waals surface area contributed by atoms with Gasteiger partial charge in [-0.25, -0.2) is 0 Å². The SMILES string of the molecule is CCOc1nc(NCCC(=O)N2CCCCC2)ccc1N. The van der Waals surface area contributed by atoms with Gasteiger partial charge in [0.25, 0.3) is 0 Å². The van der Waals surface area contributed by atoms with Gasteiger partial charge in [-0.05, 0) is 38.3 Å². The molecule has 116 valence electrons. The van der Waals surface area contributed by atoms with Gasteiger partial charge >= 0.3 is 0 Å². The Kier molecular flexibility index (Phi) is 5.66. The van der Waals surface area contributed by atoms with Crippen LogP contribution in [-0.4, -0.2) is 42.0 Å². The second kappa shape index (κ2) is 7.71. The standard InChI is InChI=1S/C15H24N4O2/c1-2-21-15-12(16)6-7-13(18-15)17-9-8-14(20)19-10-4-3-5-11-19/h6-7H,2-5,8-11,16H2,1H3,(H,17,18). The lowest BCUT2D eigenvalue weighted by atomic mass is 10.1. The van der Waals surface area contributed by atoms with Crippen molar-refractivity contribution in [1.29, 1.82) is 0 Å². The number of nitrogens with one attached hydrogen (secondary N) is 1. The molecule has 1 aliphatic rings. The van der Waals surface area contributed by atoms with Crippen LogP contribution in [0.5, 0.6) is 5.88 Å². The van der Waals surface area contributed by atoms with Crippen LogP contribution in [0.15, 0.2) is 12.1 Å². The number of carbonyl (C=O) groups excluding carboxylic acids is 1. The summed E-state index contributed by atoms with van der Waals surface area (Å²) in [7, 11) is 0. The molecule has 1 amide bonds. The van der Waals surface area contributed by atoms with Crippen LogP contribution in [-0.2, 0) is 4.79 Å². The minimum Gasteiger partial charge on any atom is -0.476 e. The molecule has 6 heteroatoms. The van der Waals surface area contributed by atoms with E-state index in [-0.39, 0.29) is 5.91 Å². The number of aromatic nitrogens is 1. The number of rotatable bonds is 6. The lowest BCUT2D eigenvalue weighted by Gasteiger charge is -2.26. The van der Waals surface area contributed by atoms with E-state index in [9.17, 15) is 4.79 Å².